The maximum Gasteiger partial charge on any atom is 0.503 e. The third-order valence-corrected chi connectivity index (χ3v) is 1.72. The molecule has 0 radical (unpaired) electrons. The van der Waals surface area contributed by atoms with Crippen LogP contribution in [-0.4, -0.2) is 79.1 Å². The van der Waals surface area contributed by atoms with Crippen LogP contribution in [0, 0.1) is 0 Å². The molecule has 7 heteroatoms. The van der Waals surface area contributed by atoms with Crippen LogP contribution in [0.5, 0.6) is 0 Å². The molecule has 0 saturated heterocycles. The smallest absolute Gasteiger partial charge is 0.450 e. The summed E-state index contributed by atoms with van der Waals surface area (Å²) in [5, 5.41) is 13.9. The lowest BCUT2D eigenvalue weighted by molar-refractivity contribution is 0.137. The zero-order valence-corrected chi connectivity index (χ0v) is 9.57. The Labute approximate surface area is 94.7 Å². The normalized spacial score (nSPS) is 16.4. The maximum absolute atomic E-state index is 8.56. The second-order valence-corrected chi connectivity index (χ2v) is 3.29. The average molecular weight is 230 g/mol. The van der Waals surface area contributed by atoms with Gasteiger partial charge in [-0.15, -0.1) is 0 Å². The predicted molar refractivity (Wildman–Crippen MR) is 62.6 cm³/mol. The molecule has 2 rings (SSSR count). The Balaban J connectivity index is 0.000000217. The highest BCUT2D eigenvalue weighted by atomic mass is 16.6. The first-order valence-electron chi connectivity index (χ1n) is 4.84. The first-order valence-corrected chi connectivity index (χ1v) is 4.84. The third kappa shape index (κ3) is 10.3. The van der Waals surface area contributed by atoms with Crippen molar-refractivity contribution in [1.29, 1.82) is 0 Å². The summed E-state index contributed by atoms with van der Waals surface area (Å²) in [5.41, 5.74) is 0. The van der Waals surface area contributed by atoms with E-state index < -0.39 is 6.16 Å². The molecule has 0 aliphatic carbocycles. The fraction of sp³-hybridized carbons (Fsp3) is 0.667. The van der Waals surface area contributed by atoms with Crippen LogP contribution in [0.15, 0.2) is 9.98 Å². The Morgan fingerprint density at radius 3 is 1.44 bits per heavy atom. The van der Waals surface area contributed by atoms with Crippen molar-refractivity contribution in [2.75, 3.05) is 40.3 Å². The Morgan fingerprint density at radius 2 is 1.38 bits per heavy atom. The van der Waals surface area contributed by atoms with Gasteiger partial charge >= 0.3 is 6.16 Å². The van der Waals surface area contributed by atoms with E-state index in [9.17, 15) is 0 Å². The van der Waals surface area contributed by atoms with Crippen molar-refractivity contribution < 1.29 is 15.0 Å². The number of aliphatic imine (C=N–C) groups is 2. The predicted octanol–water partition coefficient (Wildman–Crippen LogP) is 0.143. The molecule has 0 saturated carbocycles. The van der Waals surface area contributed by atoms with Crippen molar-refractivity contribution in [2.24, 2.45) is 9.98 Å². The molecule has 0 spiro atoms. The van der Waals surface area contributed by atoms with Gasteiger partial charge < -0.3 is 20.0 Å². The molecule has 0 aromatic heterocycles. The Kier molecular flexibility index (Phi) is 7.56. The zero-order chi connectivity index (χ0) is 12.4. The van der Waals surface area contributed by atoms with Gasteiger partial charge in [-0.1, -0.05) is 0 Å². The molecular formula is C9H18N4O3. The second-order valence-electron chi connectivity index (χ2n) is 3.29. The van der Waals surface area contributed by atoms with Crippen molar-refractivity contribution in [3.8, 4) is 0 Å². The molecule has 0 atom stereocenters. The molecule has 0 amide bonds. The number of hydrogen-bond donors (Lipinski definition) is 2. The first-order chi connectivity index (χ1) is 7.52. The summed E-state index contributed by atoms with van der Waals surface area (Å²) in [5.74, 6) is 0. The van der Waals surface area contributed by atoms with Crippen LogP contribution in [0.4, 0.5) is 4.79 Å². The highest BCUT2D eigenvalue weighted by Gasteiger charge is 1.94. The fourth-order valence-corrected chi connectivity index (χ4v) is 0.941. The topological polar surface area (TPSA) is 88.7 Å². The molecule has 0 aromatic carbocycles. The molecule has 0 aromatic rings. The summed E-state index contributed by atoms with van der Waals surface area (Å²) in [7, 11) is 4.05. The van der Waals surface area contributed by atoms with E-state index in [1.165, 1.54) is 0 Å². The van der Waals surface area contributed by atoms with Crippen molar-refractivity contribution in [2.45, 2.75) is 0 Å². The molecule has 7 nitrogen and oxygen atoms in total. The number of rotatable bonds is 0. The molecule has 92 valence electrons. The van der Waals surface area contributed by atoms with Gasteiger partial charge in [0, 0.05) is 27.2 Å². The molecule has 2 aliphatic rings. The third-order valence-electron chi connectivity index (χ3n) is 1.72. The summed E-state index contributed by atoms with van der Waals surface area (Å²) in [4.78, 5) is 20.6. The van der Waals surface area contributed by atoms with Crippen LogP contribution in [0.25, 0.3) is 0 Å². The van der Waals surface area contributed by atoms with Gasteiger partial charge in [0.25, 0.3) is 0 Å². The largest absolute Gasteiger partial charge is 0.503 e. The maximum atomic E-state index is 8.56. The molecule has 16 heavy (non-hydrogen) atoms. The number of likely N-dealkylation sites (N-methyl/N-ethyl adjacent to an activating group) is 2. The lowest BCUT2D eigenvalue weighted by Crippen LogP contribution is -2.11. The Bertz CT molecular complexity index is 231. The van der Waals surface area contributed by atoms with Crippen molar-refractivity contribution >= 4 is 18.8 Å². The quantitative estimate of drug-likeness (QED) is 0.618. The number of hydrogen-bond acceptors (Lipinski definition) is 5. The number of carbonyl (C=O) groups is 1. The van der Waals surface area contributed by atoms with E-state index in [1.807, 2.05) is 26.8 Å². The number of nitrogens with zero attached hydrogens (tertiary/aromatic N) is 4. The van der Waals surface area contributed by atoms with Crippen LogP contribution >= 0.6 is 0 Å². The van der Waals surface area contributed by atoms with E-state index in [-0.39, 0.29) is 0 Å². The van der Waals surface area contributed by atoms with Gasteiger partial charge in [-0.05, 0) is 0 Å². The monoisotopic (exact) mass is 230 g/mol. The summed E-state index contributed by atoms with van der Waals surface area (Å²) < 4.78 is 0. The standard InChI is InChI=1S/2C4H8N2.CH2O3/c2*1-6-3-2-5-4-6;2-1(3)4/h2*4H,2-3H2,1H3;(H2,2,3,4). The molecule has 2 aliphatic heterocycles. The fourth-order valence-electron chi connectivity index (χ4n) is 0.941. The van der Waals surface area contributed by atoms with Gasteiger partial charge in [-0.3, -0.25) is 9.98 Å². The molecular weight excluding hydrogens is 212 g/mol. The molecule has 2 heterocycles. The van der Waals surface area contributed by atoms with Crippen LogP contribution < -0.4 is 0 Å². The molecule has 0 fully saturated rings. The van der Waals surface area contributed by atoms with E-state index >= 15 is 0 Å². The van der Waals surface area contributed by atoms with Gasteiger partial charge in [-0.25, -0.2) is 4.79 Å². The second kappa shape index (κ2) is 8.51. The van der Waals surface area contributed by atoms with E-state index in [2.05, 4.69) is 19.8 Å². The van der Waals surface area contributed by atoms with Gasteiger partial charge in [0.15, 0.2) is 0 Å². The lowest BCUT2D eigenvalue weighted by atomic mass is 10.6. The Hall–Kier alpha value is -1.79. The van der Waals surface area contributed by atoms with E-state index in [0.717, 1.165) is 26.2 Å². The summed E-state index contributed by atoms with van der Waals surface area (Å²) >= 11 is 0. The van der Waals surface area contributed by atoms with Gasteiger partial charge in [0.05, 0.1) is 25.8 Å². The first kappa shape index (κ1) is 14.2. The minimum Gasteiger partial charge on any atom is -0.450 e. The van der Waals surface area contributed by atoms with Crippen molar-refractivity contribution in [3.63, 3.8) is 0 Å². The molecule has 0 unspecified atom stereocenters. The summed E-state index contributed by atoms with van der Waals surface area (Å²) in [6.45, 7) is 4.16. The van der Waals surface area contributed by atoms with E-state index in [0.29, 0.717) is 0 Å². The van der Waals surface area contributed by atoms with Crippen LogP contribution in [0.2, 0.25) is 0 Å². The molecule has 0 bridgehead atoms. The van der Waals surface area contributed by atoms with Crippen LogP contribution in [0.1, 0.15) is 0 Å². The van der Waals surface area contributed by atoms with Crippen molar-refractivity contribution in [3.05, 3.63) is 0 Å². The van der Waals surface area contributed by atoms with Crippen molar-refractivity contribution in [1.82, 2.24) is 9.80 Å². The SMILES string of the molecule is CN1C=NCC1.CN1C=NCC1.O=C(O)O. The number of carboxylic acid groups (broad SMARTS) is 2. The summed E-state index contributed by atoms with van der Waals surface area (Å²) in [6, 6.07) is 0. The average Bonchev–Trinajstić information content (AvgIpc) is 2.78. The highest BCUT2D eigenvalue weighted by Crippen LogP contribution is 1.85. The minimum absolute atomic E-state index is 0.983. The lowest BCUT2D eigenvalue weighted by Gasteiger charge is -1.99. The minimum atomic E-state index is -1.83. The van der Waals surface area contributed by atoms with E-state index in [1.54, 1.807) is 0 Å². The van der Waals surface area contributed by atoms with Gasteiger partial charge in [0.2, 0.25) is 0 Å². The van der Waals surface area contributed by atoms with Gasteiger partial charge in [-0.2, -0.15) is 0 Å². The summed E-state index contributed by atoms with van der Waals surface area (Å²) in [6.07, 6.45) is 1.89. The van der Waals surface area contributed by atoms with Gasteiger partial charge in [0.1, 0.15) is 0 Å². The van der Waals surface area contributed by atoms with Crippen LogP contribution in [-0.2, 0) is 0 Å². The zero-order valence-electron chi connectivity index (χ0n) is 9.57. The molecule has 2 N–H and O–H groups in total. The van der Waals surface area contributed by atoms with Crippen LogP contribution in [0.3, 0.4) is 0 Å². The highest BCUT2D eigenvalue weighted by molar-refractivity contribution is 5.56. The Morgan fingerprint density at radius 1 is 1.06 bits per heavy atom. The van der Waals surface area contributed by atoms with E-state index in [4.69, 9.17) is 15.0 Å².